The molecule has 20 heavy (non-hydrogen) atoms. The second-order valence-corrected chi connectivity index (χ2v) is 7.65. The molecule has 4 nitrogen and oxygen atoms in total. The average Bonchev–Trinajstić information content (AvgIpc) is 2.79. The van der Waals surface area contributed by atoms with Crippen molar-refractivity contribution in [3.8, 4) is 0 Å². The number of fused-ring (bicyclic) bond motifs is 1. The van der Waals surface area contributed by atoms with E-state index in [0.29, 0.717) is 6.54 Å². The molecule has 0 atom stereocenters. The molecule has 0 aliphatic carbocycles. The fraction of sp³-hybridized carbons (Fsp3) is 0.429. The maximum Gasteiger partial charge on any atom is 0.214 e. The summed E-state index contributed by atoms with van der Waals surface area (Å²) in [6.45, 7) is 4.32. The third-order valence-corrected chi connectivity index (χ3v) is 5.15. The van der Waals surface area contributed by atoms with Gasteiger partial charge in [-0.1, -0.05) is 18.2 Å². The van der Waals surface area contributed by atoms with Crippen LogP contribution in [0.15, 0.2) is 29.6 Å². The predicted molar refractivity (Wildman–Crippen MR) is 83.5 cm³/mol. The Morgan fingerprint density at radius 3 is 2.80 bits per heavy atom. The first-order valence-electron chi connectivity index (χ1n) is 6.52. The van der Waals surface area contributed by atoms with Gasteiger partial charge in [-0.2, -0.15) is 0 Å². The largest absolute Gasteiger partial charge is 0.378 e. The van der Waals surface area contributed by atoms with Crippen LogP contribution in [0.5, 0.6) is 0 Å². The molecule has 0 amide bonds. The number of benzene rings is 1. The fourth-order valence-corrected chi connectivity index (χ4v) is 3.62. The molecule has 0 radical (unpaired) electrons. The smallest absolute Gasteiger partial charge is 0.214 e. The fourth-order valence-electron chi connectivity index (χ4n) is 1.82. The van der Waals surface area contributed by atoms with Gasteiger partial charge in [0.05, 0.1) is 18.5 Å². The normalized spacial score (nSPS) is 12.3. The topological polar surface area (TPSA) is 55.4 Å². The first kappa shape index (κ1) is 15.4. The molecule has 1 aromatic carbocycles. The summed E-state index contributed by atoms with van der Waals surface area (Å²) in [5, 5.41) is 3.11. The zero-order chi connectivity index (χ0) is 14.6. The van der Waals surface area contributed by atoms with Crippen molar-refractivity contribution in [2.24, 2.45) is 0 Å². The van der Waals surface area contributed by atoms with E-state index in [0.717, 1.165) is 10.9 Å². The summed E-state index contributed by atoms with van der Waals surface area (Å²) in [7, 11) is -3.29. The number of sulfonamides is 1. The molecule has 0 aliphatic rings. The van der Waals surface area contributed by atoms with Crippen LogP contribution in [0, 0.1) is 0 Å². The average molecular weight is 313 g/mol. The van der Waals surface area contributed by atoms with Crippen LogP contribution in [-0.2, 0) is 21.3 Å². The van der Waals surface area contributed by atoms with Gasteiger partial charge in [-0.3, -0.25) is 0 Å². The first-order valence-corrected chi connectivity index (χ1v) is 9.05. The lowest BCUT2D eigenvalue weighted by Gasteiger charge is -2.09. The van der Waals surface area contributed by atoms with Gasteiger partial charge in [-0.25, -0.2) is 13.1 Å². The van der Waals surface area contributed by atoms with E-state index in [9.17, 15) is 8.42 Å². The second kappa shape index (κ2) is 6.67. The molecule has 2 aromatic rings. The van der Waals surface area contributed by atoms with Crippen LogP contribution >= 0.6 is 11.3 Å². The molecule has 1 N–H and O–H groups in total. The third-order valence-electron chi connectivity index (χ3n) is 2.85. The van der Waals surface area contributed by atoms with Gasteiger partial charge in [-0.05, 0) is 36.2 Å². The Labute approximate surface area is 123 Å². The summed E-state index contributed by atoms with van der Waals surface area (Å²) in [5.74, 6) is -0.00670. The highest BCUT2D eigenvalue weighted by molar-refractivity contribution is 7.89. The molecule has 0 fully saturated rings. The molecule has 0 unspecified atom stereocenters. The molecule has 0 bridgehead atoms. The van der Waals surface area contributed by atoms with Crippen molar-refractivity contribution < 1.29 is 13.2 Å². The van der Waals surface area contributed by atoms with E-state index in [4.69, 9.17) is 4.74 Å². The molecule has 1 heterocycles. The predicted octanol–water partition coefficient (Wildman–Crippen LogP) is 2.75. The van der Waals surface area contributed by atoms with Crippen molar-refractivity contribution in [1.82, 2.24) is 4.72 Å². The minimum absolute atomic E-state index is 0.00670. The van der Waals surface area contributed by atoms with Crippen LogP contribution < -0.4 is 4.72 Å². The van der Waals surface area contributed by atoms with Gasteiger partial charge in [0.25, 0.3) is 0 Å². The summed E-state index contributed by atoms with van der Waals surface area (Å²) in [6.07, 6.45) is 0.0472. The van der Waals surface area contributed by atoms with E-state index in [-0.39, 0.29) is 18.5 Å². The Kier molecular flexibility index (Phi) is 5.15. The zero-order valence-corrected chi connectivity index (χ0v) is 13.3. The van der Waals surface area contributed by atoms with Crippen LogP contribution in [0.4, 0.5) is 0 Å². The van der Waals surface area contributed by atoms with E-state index >= 15 is 0 Å². The van der Waals surface area contributed by atoms with Gasteiger partial charge in [0.2, 0.25) is 10.0 Å². The number of hydrogen-bond acceptors (Lipinski definition) is 4. The number of hydrogen-bond donors (Lipinski definition) is 1. The molecule has 0 saturated heterocycles. The number of nitrogens with one attached hydrogen (secondary N) is 1. The number of thiophene rings is 1. The second-order valence-electron chi connectivity index (χ2n) is 4.82. The van der Waals surface area contributed by atoms with Gasteiger partial charge in [-0.15, -0.1) is 11.3 Å². The highest BCUT2D eigenvalue weighted by Gasteiger charge is 2.12. The molecular weight excluding hydrogens is 294 g/mol. The van der Waals surface area contributed by atoms with Gasteiger partial charge in [0, 0.05) is 11.2 Å². The van der Waals surface area contributed by atoms with Crippen LogP contribution in [-0.4, -0.2) is 26.9 Å². The summed E-state index contributed by atoms with van der Waals surface area (Å²) in [5.41, 5.74) is 1.01. The third kappa shape index (κ3) is 4.28. The van der Waals surface area contributed by atoms with Crippen molar-refractivity contribution in [2.45, 2.75) is 26.5 Å². The lowest BCUT2D eigenvalue weighted by molar-refractivity contribution is 0.0911. The Hall–Kier alpha value is -0.950. The summed E-state index contributed by atoms with van der Waals surface area (Å²) >= 11 is 1.63. The highest BCUT2D eigenvalue weighted by Crippen LogP contribution is 2.25. The van der Waals surface area contributed by atoms with Crippen molar-refractivity contribution >= 4 is 31.4 Å². The Bertz CT molecular complexity index is 662. The Morgan fingerprint density at radius 1 is 1.30 bits per heavy atom. The Morgan fingerprint density at radius 2 is 2.05 bits per heavy atom. The van der Waals surface area contributed by atoms with Gasteiger partial charge in [0.15, 0.2) is 0 Å². The molecule has 1 aromatic heterocycles. The van der Waals surface area contributed by atoms with Gasteiger partial charge in [0.1, 0.15) is 0 Å². The van der Waals surface area contributed by atoms with E-state index in [2.05, 4.69) is 4.72 Å². The molecule has 6 heteroatoms. The van der Waals surface area contributed by atoms with Crippen LogP contribution in [0.2, 0.25) is 0 Å². The first-order chi connectivity index (χ1) is 9.48. The number of ether oxygens (including phenoxy) is 1. The number of rotatable bonds is 7. The molecule has 0 spiro atoms. The van der Waals surface area contributed by atoms with Crippen molar-refractivity contribution in [1.29, 1.82) is 0 Å². The van der Waals surface area contributed by atoms with Crippen molar-refractivity contribution in [2.75, 3.05) is 12.4 Å². The van der Waals surface area contributed by atoms with E-state index < -0.39 is 10.0 Å². The van der Waals surface area contributed by atoms with Gasteiger partial charge >= 0.3 is 0 Å². The maximum absolute atomic E-state index is 11.9. The molecule has 110 valence electrons. The quantitative estimate of drug-likeness (QED) is 0.855. The van der Waals surface area contributed by atoms with Crippen LogP contribution in [0.1, 0.15) is 19.4 Å². The van der Waals surface area contributed by atoms with Gasteiger partial charge < -0.3 is 4.74 Å². The van der Waals surface area contributed by atoms with Crippen LogP contribution in [0.3, 0.4) is 0 Å². The maximum atomic E-state index is 11.9. The summed E-state index contributed by atoms with van der Waals surface area (Å²) < 4.78 is 32.8. The van der Waals surface area contributed by atoms with E-state index in [1.807, 2.05) is 43.5 Å². The van der Waals surface area contributed by atoms with Crippen LogP contribution in [0.25, 0.3) is 10.1 Å². The van der Waals surface area contributed by atoms with Crippen molar-refractivity contribution in [3.05, 3.63) is 35.2 Å². The SMILES string of the molecule is CC(C)OCCS(=O)(=O)NCc1csc2ccccc12. The zero-order valence-electron chi connectivity index (χ0n) is 11.6. The molecule has 2 rings (SSSR count). The summed E-state index contributed by atoms with van der Waals surface area (Å²) in [6, 6.07) is 7.99. The van der Waals surface area contributed by atoms with E-state index in [1.54, 1.807) is 11.3 Å². The lowest BCUT2D eigenvalue weighted by Crippen LogP contribution is -2.28. The monoisotopic (exact) mass is 313 g/mol. The van der Waals surface area contributed by atoms with E-state index in [1.165, 1.54) is 4.70 Å². The molecular formula is C14H19NO3S2. The lowest BCUT2D eigenvalue weighted by atomic mass is 10.2. The standard InChI is InChI=1S/C14H19NO3S2/c1-11(2)18-7-8-20(16,17)15-9-12-10-19-14-6-4-3-5-13(12)14/h3-6,10-11,15H,7-9H2,1-2H3. The van der Waals surface area contributed by atoms with Crippen molar-refractivity contribution in [3.63, 3.8) is 0 Å². The highest BCUT2D eigenvalue weighted by atomic mass is 32.2. The summed E-state index contributed by atoms with van der Waals surface area (Å²) in [4.78, 5) is 0. The molecule has 0 aliphatic heterocycles. The minimum Gasteiger partial charge on any atom is -0.378 e. The minimum atomic E-state index is -3.29. The molecule has 0 saturated carbocycles. The Balaban J connectivity index is 1.94.